The zero-order valence-corrected chi connectivity index (χ0v) is 14.6. The normalized spacial score (nSPS) is 10.4. The van der Waals surface area contributed by atoms with Crippen molar-refractivity contribution in [1.29, 1.82) is 0 Å². The SMILES string of the molecule is COc1cc(C(=O)NCC(=O)Nc2c(C)nn(C)c2C)ccc1C. The van der Waals surface area contributed by atoms with E-state index in [9.17, 15) is 9.59 Å². The lowest BCUT2D eigenvalue weighted by Crippen LogP contribution is -2.33. The highest BCUT2D eigenvalue weighted by molar-refractivity contribution is 5.99. The summed E-state index contributed by atoms with van der Waals surface area (Å²) in [5.74, 6) is -0.00146. The van der Waals surface area contributed by atoms with Crippen LogP contribution in [0.2, 0.25) is 0 Å². The van der Waals surface area contributed by atoms with Crippen molar-refractivity contribution in [2.24, 2.45) is 7.05 Å². The first-order valence-corrected chi connectivity index (χ1v) is 7.56. The first kappa shape index (κ1) is 17.5. The molecule has 1 aromatic carbocycles. The summed E-state index contributed by atoms with van der Waals surface area (Å²) in [6.07, 6.45) is 0. The van der Waals surface area contributed by atoms with E-state index < -0.39 is 0 Å². The highest BCUT2D eigenvalue weighted by Crippen LogP contribution is 2.19. The fourth-order valence-electron chi connectivity index (χ4n) is 2.36. The first-order chi connectivity index (χ1) is 11.3. The van der Waals surface area contributed by atoms with Crippen molar-refractivity contribution in [3.8, 4) is 5.75 Å². The predicted octanol–water partition coefficient (Wildman–Crippen LogP) is 1.72. The average molecular weight is 330 g/mol. The minimum absolute atomic E-state index is 0.122. The molecule has 7 heteroatoms. The van der Waals surface area contributed by atoms with Crippen LogP contribution in [-0.2, 0) is 11.8 Å². The molecule has 0 atom stereocenters. The van der Waals surface area contributed by atoms with E-state index in [0.717, 1.165) is 17.0 Å². The van der Waals surface area contributed by atoms with Gasteiger partial charge in [-0.2, -0.15) is 5.10 Å². The number of rotatable bonds is 5. The molecule has 0 saturated carbocycles. The van der Waals surface area contributed by atoms with Gasteiger partial charge in [-0.15, -0.1) is 0 Å². The number of amides is 2. The summed E-state index contributed by atoms with van der Waals surface area (Å²) >= 11 is 0. The van der Waals surface area contributed by atoms with Gasteiger partial charge in [0.1, 0.15) is 5.75 Å². The number of benzene rings is 1. The lowest BCUT2D eigenvalue weighted by molar-refractivity contribution is -0.115. The van der Waals surface area contributed by atoms with Crippen LogP contribution in [0, 0.1) is 20.8 Å². The topological polar surface area (TPSA) is 85.2 Å². The molecule has 0 saturated heterocycles. The van der Waals surface area contributed by atoms with Gasteiger partial charge in [-0.1, -0.05) is 6.07 Å². The van der Waals surface area contributed by atoms with Gasteiger partial charge in [-0.05, 0) is 38.5 Å². The summed E-state index contributed by atoms with van der Waals surface area (Å²) in [6.45, 7) is 5.46. The van der Waals surface area contributed by atoms with Crippen LogP contribution in [0.15, 0.2) is 18.2 Å². The molecule has 0 aliphatic heterocycles. The van der Waals surface area contributed by atoms with E-state index in [1.807, 2.05) is 27.8 Å². The summed E-state index contributed by atoms with van der Waals surface area (Å²) in [7, 11) is 3.36. The molecule has 2 amide bonds. The monoisotopic (exact) mass is 330 g/mol. The summed E-state index contributed by atoms with van der Waals surface area (Å²) in [5.41, 5.74) is 3.65. The van der Waals surface area contributed by atoms with E-state index in [1.165, 1.54) is 0 Å². The fourth-order valence-corrected chi connectivity index (χ4v) is 2.36. The number of nitrogens with one attached hydrogen (secondary N) is 2. The molecular formula is C17H22N4O3. The molecule has 128 valence electrons. The van der Waals surface area contributed by atoms with E-state index in [2.05, 4.69) is 15.7 Å². The largest absolute Gasteiger partial charge is 0.496 e. The zero-order chi connectivity index (χ0) is 17.9. The number of carbonyl (C=O) groups is 2. The van der Waals surface area contributed by atoms with Crippen molar-refractivity contribution >= 4 is 17.5 Å². The van der Waals surface area contributed by atoms with Crippen LogP contribution in [0.25, 0.3) is 0 Å². The number of aryl methyl sites for hydroxylation is 3. The molecule has 1 aromatic heterocycles. The third kappa shape index (κ3) is 3.73. The molecule has 2 rings (SSSR count). The Hall–Kier alpha value is -2.83. The Morgan fingerprint density at radius 1 is 1.25 bits per heavy atom. The molecule has 0 aliphatic rings. The number of hydrogen-bond donors (Lipinski definition) is 2. The van der Waals surface area contributed by atoms with Crippen molar-refractivity contribution in [3.63, 3.8) is 0 Å². The highest BCUT2D eigenvalue weighted by atomic mass is 16.5. The molecule has 0 aliphatic carbocycles. The summed E-state index contributed by atoms with van der Waals surface area (Å²) < 4.78 is 6.90. The van der Waals surface area contributed by atoms with Crippen molar-refractivity contribution in [2.45, 2.75) is 20.8 Å². The van der Waals surface area contributed by atoms with Gasteiger partial charge in [-0.25, -0.2) is 0 Å². The van der Waals surface area contributed by atoms with Gasteiger partial charge in [0.15, 0.2) is 0 Å². The Morgan fingerprint density at radius 3 is 2.54 bits per heavy atom. The van der Waals surface area contributed by atoms with Crippen LogP contribution >= 0.6 is 0 Å². The minimum Gasteiger partial charge on any atom is -0.496 e. The van der Waals surface area contributed by atoms with Crippen molar-refractivity contribution in [2.75, 3.05) is 19.0 Å². The van der Waals surface area contributed by atoms with Gasteiger partial charge in [0.25, 0.3) is 5.91 Å². The van der Waals surface area contributed by atoms with Gasteiger partial charge in [0.2, 0.25) is 5.91 Å². The number of ether oxygens (including phenoxy) is 1. The number of methoxy groups -OCH3 is 1. The number of aromatic nitrogens is 2. The maximum Gasteiger partial charge on any atom is 0.251 e. The van der Waals surface area contributed by atoms with Crippen LogP contribution < -0.4 is 15.4 Å². The first-order valence-electron chi connectivity index (χ1n) is 7.56. The molecule has 2 aromatic rings. The zero-order valence-electron chi connectivity index (χ0n) is 14.6. The smallest absolute Gasteiger partial charge is 0.251 e. The third-order valence-electron chi connectivity index (χ3n) is 3.85. The highest BCUT2D eigenvalue weighted by Gasteiger charge is 2.14. The van der Waals surface area contributed by atoms with Crippen LogP contribution in [-0.4, -0.2) is 35.2 Å². The number of hydrogen-bond acceptors (Lipinski definition) is 4. The Bertz CT molecular complexity index is 780. The van der Waals surface area contributed by atoms with Gasteiger partial charge in [0, 0.05) is 12.6 Å². The van der Waals surface area contributed by atoms with Crippen LogP contribution in [0.5, 0.6) is 5.75 Å². The van der Waals surface area contributed by atoms with Crippen LogP contribution in [0.3, 0.4) is 0 Å². The van der Waals surface area contributed by atoms with Gasteiger partial charge < -0.3 is 15.4 Å². The maximum absolute atomic E-state index is 12.2. The second kappa shape index (κ2) is 7.16. The van der Waals surface area contributed by atoms with Gasteiger partial charge in [-0.3, -0.25) is 14.3 Å². The number of carbonyl (C=O) groups excluding carboxylic acids is 2. The second-order valence-corrected chi connectivity index (χ2v) is 5.58. The number of nitrogens with zero attached hydrogens (tertiary/aromatic N) is 2. The van der Waals surface area contributed by atoms with E-state index in [0.29, 0.717) is 17.0 Å². The van der Waals surface area contributed by atoms with Crippen LogP contribution in [0.1, 0.15) is 27.3 Å². The Morgan fingerprint density at radius 2 is 1.96 bits per heavy atom. The quantitative estimate of drug-likeness (QED) is 0.874. The molecular weight excluding hydrogens is 308 g/mol. The summed E-state index contributed by atoms with van der Waals surface area (Å²) in [5, 5.41) is 9.61. The minimum atomic E-state index is -0.330. The Balaban J connectivity index is 1.97. The average Bonchev–Trinajstić information content (AvgIpc) is 2.79. The molecule has 0 radical (unpaired) electrons. The van der Waals surface area contributed by atoms with Crippen molar-refractivity contribution in [3.05, 3.63) is 40.7 Å². The molecule has 0 fully saturated rings. The predicted molar refractivity (Wildman–Crippen MR) is 91.4 cm³/mol. The Kier molecular flexibility index (Phi) is 5.23. The van der Waals surface area contributed by atoms with Crippen molar-refractivity contribution in [1.82, 2.24) is 15.1 Å². The molecule has 7 nitrogen and oxygen atoms in total. The molecule has 0 spiro atoms. The van der Waals surface area contributed by atoms with Gasteiger partial charge in [0.05, 0.1) is 30.7 Å². The van der Waals surface area contributed by atoms with Gasteiger partial charge >= 0.3 is 0 Å². The standard InChI is InChI=1S/C17H22N4O3/c1-10-6-7-13(8-14(10)24-5)17(23)18-9-15(22)19-16-11(2)20-21(4)12(16)3/h6-8H,9H2,1-5H3,(H,18,23)(H,19,22). The molecule has 0 unspecified atom stereocenters. The van der Waals surface area contributed by atoms with E-state index >= 15 is 0 Å². The maximum atomic E-state index is 12.2. The molecule has 1 heterocycles. The van der Waals surface area contributed by atoms with Crippen LogP contribution in [0.4, 0.5) is 5.69 Å². The van der Waals surface area contributed by atoms with E-state index in [1.54, 1.807) is 30.0 Å². The third-order valence-corrected chi connectivity index (χ3v) is 3.85. The van der Waals surface area contributed by atoms with E-state index in [4.69, 9.17) is 4.74 Å². The lowest BCUT2D eigenvalue weighted by Gasteiger charge is -2.09. The number of anilines is 1. The molecule has 24 heavy (non-hydrogen) atoms. The fraction of sp³-hybridized carbons (Fsp3) is 0.353. The Labute approximate surface area is 141 Å². The molecule has 0 bridgehead atoms. The summed E-state index contributed by atoms with van der Waals surface area (Å²) in [4.78, 5) is 24.2. The lowest BCUT2D eigenvalue weighted by atomic mass is 10.1. The second-order valence-electron chi connectivity index (χ2n) is 5.58. The van der Waals surface area contributed by atoms with E-state index in [-0.39, 0.29) is 18.4 Å². The molecule has 2 N–H and O–H groups in total. The summed E-state index contributed by atoms with van der Waals surface area (Å²) in [6, 6.07) is 5.15. The van der Waals surface area contributed by atoms with Crippen molar-refractivity contribution < 1.29 is 14.3 Å².